The Kier molecular flexibility index (Phi) is 8.79. The van der Waals surface area contributed by atoms with Crippen LogP contribution < -0.4 is 14.2 Å². The average molecular weight is 600 g/mol. The van der Waals surface area contributed by atoms with Gasteiger partial charge in [-0.25, -0.2) is 4.98 Å². The molecule has 0 saturated carbocycles. The summed E-state index contributed by atoms with van der Waals surface area (Å²) in [7, 11) is 1.62. The average Bonchev–Trinajstić information content (AvgIpc) is 3.39. The maximum atomic E-state index is 12.4. The number of carbonyl (C=O) groups is 1. The third-order valence-corrected chi connectivity index (χ3v) is 7.46. The fourth-order valence-electron chi connectivity index (χ4n) is 4.12. The highest BCUT2D eigenvalue weighted by Gasteiger charge is 2.15. The molecule has 5 rings (SSSR count). The van der Waals surface area contributed by atoms with E-state index < -0.39 is 0 Å². The molecule has 0 radical (unpaired) electrons. The smallest absolute Gasteiger partial charge is 0.188 e. The van der Waals surface area contributed by atoms with E-state index >= 15 is 0 Å². The molecule has 38 heavy (non-hydrogen) atoms. The number of ketones is 1. The maximum Gasteiger partial charge on any atom is 0.188 e. The molecule has 1 fully saturated rings. The predicted octanol–water partition coefficient (Wildman–Crippen LogP) is 5.18. The van der Waals surface area contributed by atoms with Crippen molar-refractivity contribution < 1.29 is 23.7 Å². The number of ether oxygens (including phenoxy) is 4. The lowest BCUT2D eigenvalue weighted by Crippen LogP contribution is -2.37. The Balaban J connectivity index is 1.24. The third kappa shape index (κ3) is 6.65. The van der Waals surface area contributed by atoms with Crippen LogP contribution in [0.1, 0.15) is 22.6 Å². The van der Waals surface area contributed by atoms with E-state index in [0.29, 0.717) is 44.9 Å². The molecule has 1 aliphatic heterocycles. The molecule has 0 N–H and O–H groups in total. The zero-order valence-electron chi connectivity index (χ0n) is 20.9. The maximum absolute atomic E-state index is 12.4. The number of methoxy groups -OCH3 is 1. The van der Waals surface area contributed by atoms with E-state index in [4.69, 9.17) is 18.9 Å². The van der Waals surface area contributed by atoms with Crippen molar-refractivity contribution in [3.8, 4) is 23.0 Å². The topological polar surface area (TPSA) is 95.9 Å². The van der Waals surface area contributed by atoms with Gasteiger partial charge in [0, 0.05) is 48.4 Å². The van der Waals surface area contributed by atoms with Crippen LogP contribution in [0.2, 0.25) is 0 Å². The number of Topliss-reactive ketones (excluding diaryl/α,β-unsaturated/α-hetero) is 1. The van der Waals surface area contributed by atoms with Gasteiger partial charge in [-0.3, -0.25) is 19.7 Å². The molecule has 4 heterocycles. The minimum Gasteiger partial charge on any atom is -0.493 e. The number of nitrogens with zero attached hydrogens (tertiary/aromatic N) is 4. The van der Waals surface area contributed by atoms with Gasteiger partial charge in [-0.05, 0) is 46.6 Å². The van der Waals surface area contributed by atoms with E-state index in [9.17, 15) is 4.79 Å². The second kappa shape index (κ2) is 12.6. The Bertz CT molecular complexity index is 1390. The normalized spacial score (nSPS) is 13.9. The van der Waals surface area contributed by atoms with Crippen molar-refractivity contribution in [1.82, 2.24) is 19.9 Å². The standard InChI is InChI=1S/C27H27BrN4O5S/c1-34-25-14-20-21(15-26(25)36-10-2-7-32-8-11-35-12-9-32)29-6-5-24(20)37-19-4-3-18(30-16-19)13-23(33)22-17-38-27(28)31-22/h3-6,14-17H,2,7-13H2,1H3. The molecule has 1 aliphatic rings. The number of benzene rings is 1. The van der Waals surface area contributed by atoms with Crippen molar-refractivity contribution >= 4 is 44.0 Å². The summed E-state index contributed by atoms with van der Waals surface area (Å²) in [6, 6.07) is 9.12. The molecule has 0 spiro atoms. The van der Waals surface area contributed by atoms with Crippen molar-refractivity contribution in [3.63, 3.8) is 0 Å². The molecular weight excluding hydrogens is 572 g/mol. The number of morpholine rings is 1. The number of hydrogen-bond donors (Lipinski definition) is 0. The number of aromatic nitrogens is 3. The summed E-state index contributed by atoms with van der Waals surface area (Å²) in [5, 5.41) is 2.52. The molecule has 4 aromatic rings. The Hall–Kier alpha value is -3.12. The predicted molar refractivity (Wildman–Crippen MR) is 148 cm³/mol. The summed E-state index contributed by atoms with van der Waals surface area (Å²) in [6.45, 7) is 5.07. The summed E-state index contributed by atoms with van der Waals surface area (Å²) in [5.41, 5.74) is 1.81. The molecule has 11 heteroatoms. The number of carbonyl (C=O) groups excluding carboxylic acids is 1. The van der Waals surface area contributed by atoms with Crippen LogP contribution in [0.25, 0.3) is 10.9 Å². The molecular formula is C27H27BrN4O5S. The van der Waals surface area contributed by atoms with Crippen LogP contribution in [0.5, 0.6) is 23.0 Å². The minimum atomic E-state index is -0.0838. The van der Waals surface area contributed by atoms with E-state index in [0.717, 1.165) is 50.2 Å². The number of thiazole rings is 1. The summed E-state index contributed by atoms with van der Waals surface area (Å²) in [5.74, 6) is 2.34. The van der Waals surface area contributed by atoms with Gasteiger partial charge in [0.25, 0.3) is 0 Å². The molecule has 0 aliphatic carbocycles. The lowest BCUT2D eigenvalue weighted by Gasteiger charge is -2.26. The van der Waals surface area contributed by atoms with Gasteiger partial charge >= 0.3 is 0 Å². The zero-order valence-corrected chi connectivity index (χ0v) is 23.3. The summed E-state index contributed by atoms with van der Waals surface area (Å²) < 4.78 is 23.9. The van der Waals surface area contributed by atoms with Crippen molar-refractivity contribution in [1.29, 1.82) is 0 Å². The lowest BCUT2D eigenvalue weighted by atomic mass is 10.1. The monoisotopic (exact) mass is 598 g/mol. The lowest BCUT2D eigenvalue weighted by molar-refractivity contribution is 0.0357. The third-order valence-electron chi connectivity index (χ3n) is 6.10. The van der Waals surface area contributed by atoms with Crippen molar-refractivity contribution in [2.45, 2.75) is 12.8 Å². The summed E-state index contributed by atoms with van der Waals surface area (Å²) >= 11 is 4.66. The van der Waals surface area contributed by atoms with E-state index in [1.807, 2.05) is 12.1 Å². The van der Waals surface area contributed by atoms with Crippen LogP contribution >= 0.6 is 27.3 Å². The second-order valence-electron chi connectivity index (χ2n) is 8.66. The first-order valence-corrected chi connectivity index (χ1v) is 13.9. The molecule has 9 nitrogen and oxygen atoms in total. The summed E-state index contributed by atoms with van der Waals surface area (Å²) in [6.07, 6.45) is 4.38. The van der Waals surface area contributed by atoms with Crippen LogP contribution in [0.4, 0.5) is 0 Å². The van der Waals surface area contributed by atoms with E-state index in [1.54, 1.807) is 43.1 Å². The number of pyridine rings is 2. The fourth-order valence-corrected chi connectivity index (χ4v) is 5.14. The molecule has 198 valence electrons. The number of hydrogen-bond acceptors (Lipinski definition) is 10. The van der Waals surface area contributed by atoms with E-state index in [2.05, 4.69) is 35.8 Å². The van der Waals surface area contributed by atoms with Gasteiger partial charge in [0.2, 0.25) is 0 Å². The van der Waals surface area contributed by atoms with E-state index in [-0.39, 0.29) is 12.2 Å². The molecule has 3 aromatic heterocycles. The molecule has 1 saturated heterocycles. The first kappa shape index (κ1) is 26.5. The molecule has 1 aromatic carbocycles. The van der Waals surface area contributed by atoms with Crippen molar-refractivity contribution in [2.24, 2.45) is 0 Å². The Labute approximate surface area is 232 Å². The van der Waals surface area contributed by atoms with Gasteiger partial charge in [0.05, 0.1) is 45.1 Å². The van der Waals surface area contributed by atoms with Gasteiger partial charge in [0.15, 0.2) is 21.2 Å². The summed E-state index contributed by atoms with van der Waals surface area (Å²) in [4.78, 5) is 27.9. The second-order valence-corrected chi connectivity index (χ2v) is 10.8. The van der Waals surface area contributed by atoms with Gasteiger partial charge in [-0.15, -0.1) is 11.3 Å². The molecule has 0 bridgehead atoms. The highest BCUT2D eigenvalue weighted by atomic mass is 79.9. The molecule has 0 atom stereocenters. The quantitative estimate of drug-likeness (QED) is 0.171. The van der Waals surface area contributed by atoms with Crippen molar-refractivity contribution in [2.75, 3.05) is 46.6 Å². The largest absolute Gasteiger partial charge is 0.493 e. The van der Waals surface area contributed by atoms with Gasteiger partial charge in [0.1, 0.15) is 17.2 Å². The highest BCUT2D eigenvalue weighted by Crippen LogP contribution is 2.37. The fraction of sp³-hybridized carbons (Fsp3) is 0.333. The molecule has 0 unspecified atom stereocenters. The van der Waals surface area contributed by atoms with E-state index in [1.165, 1.54) is 11.3 Å². The number of halogens is 1. The van der Waals surface area contributed by atoms with Crippen LogP contribution in [-0.4, -0.2) is 72.2 Å². The molecule has 0 amide bonds. The minimum absolute atomic E-state index is 0.0838. The van der Waals surface area contributed by atoms with Crippen LogP contribution in [0.3, 0.4) is 0 Å². The van der Waals surface area contributed by atoms with Crippen molar-refractivity contribution in [3.05, 3.63) is 63.4 Å². The highest BCUT2D eigenvalue weighted by molar-refractivity contribution is 9.11. The van der Waals surface area contributed by atoms with Crippen LogP contribution in [0, 0.1) is 0 Å². The first-order chi connectivity index (χ1) is 18.6. The SMILES string of the molecule is COc1cc2c(Oc3ccc(CC(=O)c4csc(Br)n4)nc3)ccnc2cc1OCCCN1CCOCC1. The Morgan fingerprint density at radius 2 is 2.00 bits per heavy atom. The number of fused-ring (bicyclic) bond motifs is 1. The van der Waals surface area contributed by atoms with Crippen LogP contribution in [0.15, 0.2) is 52.0 Å². The number of rotatable bonds is 11. The Morgan fingerprint density at radius 3 is 2.74 bits per heavy atom. The van der Waals surface area contributed by atoms with Gasteiger partial charge < -0.3 is 18.9 Å². The van der Waals surface area contributed by atoms with Gasteiger partial charge in [-0.2, -0.15) is 0 Å². The zero-order chi connectivity index (χ0) is 26.3. The first-order valence-electron chi connectivity index (χ1n) is 12.3. The Morgan fingerprint density at radius 1 is 1.13 bits per heavy atom. The van der Waals surface area contributed by atoms with Gasteiger partial charge in [-0.1, -0.05) is 0 Å². The van der Waals surface area contributed by atoms with Crippen LogP contribution in [-0.2, 0) is 11.2 Å².